The monoisotopic (exact) mass is 213 g/mol. The number of hydrogen-bond donors (Lipinski definition) is 0. The maximum atomic E-state index is 11.4. The lowest BCUT2D eigenvalue weighted by molar-refractivity contribution is -0.115. The van der Waals surface area contributed by atoms with Crippen molar-refractivity contribution < 1.29 is 4.79 Å². The van der Waals surface area contributed by atoms with Gasteiger partial charge in [-0.05, 0) is 18.2 Å². The molecule has 0 unspecified atom stereocenters. The van der Waals surface area contributed by atoms with Crippen molar-refractivity contribution in [1.82, 2.24) is 0 Å². The molecule has 0 radical (unpaired) electrons. The van der Waals surface area contributed by atoms with Gasteiger partial charge in [0.1, 0.15) is 0 Å². The molecule has 0 N–H and O–H groups in total. The summed E-state index contributed by atoms with van der Waals surface area (Å²) in [4.78, 5) is 13.0. The third-order valence-electron chi connectivity index (χ3n) is 1.97. The number of hydrogen-bond acceptors (Lipinski definition) is 1. The largest absolute Gasteiger partial charge is 0.288 e. The standard InChI is InChI=1S/C14H15NO/c1-3-4-5-9-12-15(13(2)16)14-10-7-6-8-11-14/h3-12H,1H2,2H3/b5-4+,12-9+. The molecule has 2 nitrogen and oxygen atoms in total. The Morgan fingerprint density at radius 1 is 1.19 bits per heavy atom. The highest BCUT2D eigenvalue weighted by Gasteiger charge is 2.05. The highest BCUT2D eigenvalue weighted by Crippen LogP contribution is 2.13. The normalized spacial score (nSPS) is 10.8. The van der Waals surface area contributed by atoms with Crippen molar-refractivity contribution in [3.8, 4) is 0 Å². The molecule has 0 fully saturated rings. The van der Waals surface area contributed by atoms with E-state index in [1.54, 1.807) is 29.3 Å². The Hall–Kier alpha value is -2.09. The maximum absolute atomic E-state index is 11.4. The SMILES string of the molecule is C=C/C=C/C=C/N(C(C)=O)c1ccccc1. The molecule has 16 heavy (non-hydrogen) atoms. The van der Waals surface area contributed by atoms with Crippen molar-refractivity contribution in [2.24, 2.45) is 0 Å². The minimum Gasteiger partial charge on any atom is -0.288 e. The molecule has 82 valence electrons. The number of allylic oxidation sites excluding steroid dienone is 4. The molecule has 1 aromatic carbocycles. The van der Waals surface area contributed by atoms with E-state index in [0.717, 1.165) is 5.69 Å². The van der Waals surface area contributed by atoms with Crippen LogP contribution in [0.4, 0.5) is 5.69 Å². The van der Waals surface area contributed by atoms with E-state index in [0.29, 0.717) is 0 Å². The first-order valence-corrected chi connectivity index (χ1v) is 5.06. The fourth-order valence-corrected chi connectivity index (χ4v) is 1.24. The van der Waals surface area contributed by atoms with E-state index in [-0.39, 0.29) is 5.91 Å². The lowest BCUT2D eigenvalue weighted by Gasteiger charge is -2.15. The molecule has 0 aliphatic rings. The molecule has 0 heterocycles. The number of benzene rings is 1. The van der Waals surface area contributed by atoms with Gasteiger partial charge < -0.3 is 0 Å². The van der Waals surface area contributed by atoms with Crippen LogP contribution in [-0.2, 0) is 4.79 Å². The van der Waals surface area contributed by atoms with Crippen LogP contribution in [0.15, 0.2) is 67.4 Å². The summed E-state index contributed by atoms with van der Waals surface area (Å²) in [6.07, 6.45) is 8.85. The van der Waals surface area contributed by atoms with E-state index >= 15 is 0 Å². The third-order valence-corrected chi connectivity index (χ3v) is 1.97. The Bertz CT molecular complexity index is 404. The molecular weight excluding hydrogens is 198 g/mol. The van der Waals surface area contributed by atoms with Crippen molar-refractivity contribution >= 4 is 11.6 Å². The predicted molar refractivity (Wildman–Crippen MR) is 68.1 cm³/mol. The minimum absolute atomic E-state index is 0.0190. The highest BCUT2D eigenvalue weighted by molar-refractivity contribution is 5.93. The topological polar surface area (TPSA) is 20.3 Å². The van der Waals surface area contributed by atoms with E-state index in [1.807, 2.05) is 36.4 Å². The third kappa shape index (κ3) is 3.58. The zero-order valence-corrected chi connectivity index (χ0v) is 9.34. The van der Waals surface area contributed by atoms with Crippen LogP contribution < -0.4 is 4.90 Å². The first-order valence-electron chi connectivity index (χ1n) is 5.06. The quantitative estimate of drug-likeness (QED) is 0.703. The molecule has 0 atom stereocenters. The zero-order valence-electron chi connectivity index (χ0n) is 9.34. The summed E-state index contributed by atoms with van der Waals surface area (Å²) in [7, 11) is 0. The van der Waals surface area contributed by atoms with Gasteiger partial charge in [-0.1, -0.05) is 43.0 Å². The van der Waals surface area contributed by atoms with Crippen LogP contribution >= 0.6 is 0 Å². The second-order valence-corrected chi connectivity index (χ2v) is 3.19. The summed E-state index contributed by atoms with van der Waals surface area (Å²) in [6.45, 7) is 5.11. The predicted octanol–water partition coefficient (Wildman–Crippen LogP) is 3.30. The van der Waals surface area contributed by atoms with Crippen LogP contribution in [0.5, 0.6) is 0 Å². The molecule has 0 bridgehead atoms. The van der Waals surface area contributed by atoms with Crippen LogP contribution in [0, 0.1) is 0 Å². The Morgan fingerprint density at radius 3 is 2.44 bits per heavy atom. The average molecular weight is 213 g/mol. The number of amides is 1. The molecular formula is C14H15NO. The molecule has 0 spiro atoms. The van der Waals surface area contributed by atoms with Crippen molar-refractivity contribution in [2.75, 3.05) is 4.90 Å². The van der Waals surface area contributed by atoms with Gasteiger partial charge in [0.25, 0.3) is 0 Å². The second kappa shape index (κ2) is 6.40. The van der Waals surface area contributed by atoms with Crippen LogP contribution in [0.2, 0.25) is 0 Å². The van der Waals surface area contributed by atoms with Gasteiger partial charge >= 0.3 is 0 Å². The average Bonchev–Trinajstić information content (AvgIpc) is 2.30. The summed E-state index contributed by atoms with van der Waals surface area (Å²) < 4.78 is 0. The molecule has 1 aromatic rings. The molecule has 0 saturated carbocycles. The number of carbonyl (C=O) groups excluding carboxylic acids is 1. The van der Waals surface area contributed by atoms with Gasteiger partial charge in [-0.2, -0.15) is 0 Å². The highest BCUT2D eigenvalue weighted by atomic mass is 16.2. The Balaban J connectivity index is 2.84. The molecule has 0 aliphatic heterocycles. The molecule has 0 aromatic heterocycles. The molecule has 0 saturated heterocycles. The van der Waals surface area contributed by atoms with E-state index < -0.39 is 0 Å². The Morgan fingerprint density at radius 2 is 1.88 bits per heavy atom. The fourth-order valence-electron chi connectivity index (χ4n) is 1.24. The lowest BCUT2D eigenvalue weighted by atomic mass is 10.3. The molecule has 0 aliphatic carbocycles. The van der Waals surface area contributed by atoms with Gasteiger partial charge in [0.05, 0.1) is 0 Å². The molecule has 1 amide bonds. The lowest BCUT2D eigenvalue weighted by Crippen LogP contribution is -2.21. The summed E-state index contributed by atoms with van der Waals surface area (Å²) in [6, 6.07) is 9.51. The van der Waals surface area contributed by atoms with Gasteiger partial charge in [-0.3, -0.25) is 9.69 Å². The van der Waals surface area contributed by atoms with Crippen molar-refractivity contribution in [3.05, 3.63) is 67.4 Å². The zero-order chi connectivity index (χ0) is 11.8. The van der Waals surface area contributed by atoms with Gasteiger partial charge in [-0.25, -0.2) is 0 Å². The smallest absolute Gasteiger partial charge is 0.227 e. The molecule has 2 heteroatoms. The minimum atomic E-state index is -0.0190. The Kier molecular flexibility index (Phi) is 4.80. The van der Waals surface area contributed by atoms with Gasteiger partial charge in [0.15, 0.2) is 0 Å². The van der Waals surface area contributed by atoms with E-state index in [9.17, 15) is 4.79 Å². The van der Waals surface area contributed by atoms with Crippen molar-refractivity contribution in [3.63, 3.8) is 0 Å². The van der Waals surface area contributed by atoms with Crippen molar-refractivity contribution in [1.29, 1.82) is 0 Å². The molecule has 1 rings (SSSR count). The number of para-hydroxylation sites is 1. The van der Waals surface area contributed by atoms with E-state index in [2.05, 4.69) is 6.58 Å². The van der Waals surface area contributed by atoms with E-state index in [4.69, 9.17) is 0 Å². The first kappa shape index (κ1) is 12.0. The number of anilines is 1. The summed E-state index contributed by atoms with van der Waals surface area (Å²) >= 11 is 0. The summed E-state index contributed by atoms with van der Waals surface area (Å²) in [5.41, 5.74) is 0.859. The number of rotatable bonds is 4. The van der Waals surface area contributed by atoms with Gasteiger partial charge in [-0.15, -0.1) is 0 Å². The van der Waals surface area contributed by atoms with Crippen LogP contribution in [0.3, 0.4) is 0 Å². The summed E-state index contributed by atoms with van der Waals surface area (Å²) in [5, 5.41) is 0. The first-order chi connectivity index (χ1) is 7.75. The number of nitrogens with zero attached hydrogens (tertiary/aromatic N) is 1. The number of carbonyl (C=O) groups is 1. The fraction of sp³-hybridized carbons (Fsp3) is 0.0714. The Labute approximate surface area is 96.2 Å². The summed E-state index contributed by atoms with van der Waals surface area (Å²) in [5.74, 6) is -0.0190. The van der Waals surface area contributed by atoms with Gasteiger partial charge in [0, 0.05) is 18.8 Å². The van der Waals surface area contributed by atoms with Crippen molar-refractivity contribution in [2.45, 2.75) is 6.92 Å². The van der Waals surface area contributed by atoms with Gasteiger partial charge in [0.2, 0.25) is 5.91 Å². The van der Waals surface area contributed by atoms with Crippen LogP contribution in [-0.4, -0.2) is 5.91 Å². The van der Waals surface area contributed by atoms with Crippen LogP contribution in [0.1, 0.15) is 6.92 Å². The van der Waals surface area contributed by atoms with E-state index in [1.165, 1.54) is 6.92 Å². The maximum Gasteiger partial charge on any atom is 0.227 e. The van der Waals surface area contributed by atoms with Crippen LogP contribution in [0.25, 0.3) is 0 Å². The second-order valence-electron chi connectivity index (χ2n) is 3.19.